The molecule has 1 aromatic rings. The zero-order valence-corrected chi connectivity index (χ0v) is 12.2. The summed E-state index contributed by atoms with van der Waals surface area (Å²) in [5, 5.41) is 2.96. The maximum Gasteiger partial charge on any atom is 0.231 e. The molecule has 0 saturated heterocycles. The summed E-state index contributed by atoms with van der Waals surface area (Å²) in [6.45, 7) is 4.33. The predicted molar refractivity (Wildman–Crippen MR) is 79.3 cm³/mol. The van der Waals surface area contributed by atoms with E-state index < -0.39 is 5.41 Å². The monoisotopic (exact) mass is 264 g/mol. The SMILES string of the molecule is CCC(CC)(CN)C(=O)Nc1cccnc1N(C)C. The molecule has 0 spiro atoms. The van der Waals surface area contributed by atoms with Crippen molar-refractivity contribution in [2.45, 2.75) is 26.7 Å². The minimum absolute atomic E-state index is 0.0314. The molecule has 0 saturated carbocycles. The van der Waals surface area contributed by atoms with Gasteiger partial charge in [0.1, 0.15) is 0 Å². The highest BCUT2D eigenvalue weighted by molar-refractivity contribution is 5.97. The Bertz CT molecular complexity index is 419. The van der Waals surface area contributed by atoms with E-state index >= 15 is 0 Å². The molecule has 0 fully saturated rings. The molecule has 1 aromatic heterocycles. The average molecular weight is 264 g/mol. The quantitative estimate of drug-likeness (QED) is 0.822. The van der Waals surface area contributed by atoms with Crippen molar-refractivity contribution in [1.29, 1.82) is 0 Å². The third kappa shape index (κ3) is 3.23. The van der Waals surface area contributed by atoms with Crippen LogP contribution in [-0.2, 0) is 4.79 Å². The molecule has 1 amide bonds. The molecule has 0 atom stereocenters. The Kier molecular flexibility index (Phi) is 5.30. The Hall–Kier alpha value is -1.62. The molecule has 1 rings (SSSR count). The van der Waals surface area contributed by atoms with Gasteiger partial charge in [0.05, 0.1) is 11.1 Å². The van der Waals surface area contributed by atoms with E-state index in [1.807, 2.05) is 45.0 Å². The van der Waals surface area contributed by atoms with Crippen molar-refractivity contribution in [3.8, 4) is 0 Å². The first-order chi connectivity index (χ1) is 9.00. The minimum atomic E-state index is -0.501. The van der Waals surface area contributed by atoms with E-state index in [2.05, 4.69) is 10.3 Å². The van der Waals surface area contributed by atoms with Crippen LogP contribution in [0.2, 0.25) is 0 Å². The summed E-state index contributed by atoms with van der Waals surface area (Å²) in [4.78, 5) is 18.6. The number of hydrogen-bond acceptors (Lipinski definition) is 4. The van der Waals surface area contributed by atoms with Crippen molar-refractivity contribution >= 4 is 17.4 Å². The lowest BCUT2D eigenvalue weighted by atomic mass is 9.81. The number of nitrogens with two attached hydrogens (primary N) is 1. The zero-order valence-electron chi connectivity index (χ0n) is 12.2. The van der Waals surface area contributed by atoms with Crippen molar-refractivity contribution in [1.82, 2.24) is 4.98 Å². The molecule has 106 valence electrons. The lowest BCUT2D eigenvalue weighted by Gasteiger charge is -2.29. The molecule has 0 bridgehead atoms. The summed E-state index contributed by atoms with van der Waals surface area (Å²) >= 11 is 0. The summed E-state index contributed by atoms with van der Waals surface area (Å²) in [6.07, 6.45) is 3.16. The number of anilines is 2. The van der Waals surface area contributed by atoms with Gasteiger partial charge in [-0.25, -0.2) is 4.98 Å². The second-order valence-electron chi connectivity index (χ2n) is 4.91. The van der Waals surface area contributed by atoms with Gasteiger partial charge in [0.2, 0.25) is 5.91 Å². The molecule has 5 nitrogen and oxygen atoms in total. The molecule has 0 aliphatic heterocycles. The van der Waals surface area contributed by atoms with E-state index in [1.165, 1.54) is 0 Å². The first-order valence-corrected chi connectivity index (χ1v) is 6.64. The van der Waals surface area contributed by atoms with Gasteiger partial charge in [-0.2, -0.15) is 0 Å². The summed E-state index contributed by atoms with van der Waals surface area (Å²) < 4.78 is 0. The van der Waals surface area contributed by atoms with Gasteiger partial charge in [-0.3, -0.25) is 4.79 Å². The van der Waals surface area contributed by atoms with Crippen LogP contribution in [0.25, 0.3) is 0 Å². The lowest BCUT2D eigenvalue weighted by molar-refractivity contribution is -0.125. The van der Waals surface area contributed by atoms with E-state index in [0.717, 1.165) is 24.3 Å². The maximum atomic E-state index is 12.5. The van der Waals surface area contributed by atoms with E-state index in [-0.39, 0.29) is 5.91 Å². The van der Waals surface area contributed by atoms with Crippen LogP contribution in [0.1, 0.15) is 26.7 Å². The Morgan fingerprint density at radius 1 is 1.42 bits per heavy atom. The van der Waals surface area contributed by atoms with Crippen LogP contribution < -0.4 is 16.0 Å². The molecule has 0 aromatic carbocycles. The van der Waals surface area contributed by atoms with Crippen molar-refractivity contribution < 1.29 is 4.79 Å². The van der Waals surface area contributed by atoms with E-state index in [4.69, 9.17) is 5.73 Å². The summed E-state index contributed by atoms with van der Waals surface area (Å²) in [5.74, 6) is 0.713. The second-order valence-corrected chi connectivity index (χ2v) is 4.91. The van der Waals surface area contributed by atoms with Crippen molar-refractivity contribution in [3.05, 3.63) is 18.3 Å². The van der Waals surface area contributed by atoms with Crippen molar-refractivity contribution in [2.75, 3.05) is 30.9 Å². The smallest absolute Gasteiger partial charge is 0.231 e. The minimum Gasteiger partial charge on any atom is -0.361 e. The molecule has 0 radical (unpaired) electrons. The molecule has 0 unspecified atom stereocenters. The largest absolute Gasteiger partial charge is 0.361 e. The van der Waals surface area contributed by atoms with Crippen LogP contribution in [0.5, 0.6) is 0 Å². The molecule has 19 heavy (non-hydrogen) atoms. The Morgan fingerprint density at radius 2 is 2.05 bits per heavy atom. The fraction of sp³-hybridized carbons (Fsp3) is 0.571. The van der Waals surface area contributed by atoms with Gasteiger partial charge in [0.25, 0.3) is 0 Å². The fourth-order valence-electron chi connectivity index (χ4n) is 2.06. The molecular weight excluding hydrogens is 240 g/mol. The van der Waals surface area contributed by atoms with Gasteiger partial charge in [0, 0.05) is 26.8 Å². The van der Waals surface area contributed by atoms with Crippen LogP contribution in [0, 0.1) is 5.41 Å². The van der Waals surface area contributed by atoms with Crippen LogP contribution in [0.3, 0.4) is 0 Å². The summed E-state index contributed by atoms with van der Waals surface area (Å²) in [7, 11) is 3.79. The highest BCUT2D eigenvalue weighted by atomic mass is 16.2. The van der Waals surface area contributed by atoms with Crippen LogP contribution >= 0.6 is 0 Å². The molecule has 0 aliphatic rings. The van der Waals surface area contributed by atoms with E-state index in [9.17, 15) is 4.79 Å². The normalized spacial score (nSPS) is 11.2. The van der Waals surface area contributed by atoms with Crippen molar-refractivity contribution in [2.24, 2.45) is 11.1 Å². The predicted octanol–water partition coefficient (Wildman–Crippen LogP) is 1.85. The van der Waals surface area contributed by atoms with E-state index in [0.29, 0.717) is 6.54 Å². The second kappa shape index (κ2) is 6.52. The van der Waals surface area contributed by atoms with E-state index in [1.54, 1.807) is 6.20 Å². The molecule has 5 heteroatoms. The number of nitrogens with zero attached hydrogens (tertiary/aromatic N) is 2. The number of pyridine rings is 1. The fourth-order valence-corrected chi connectivity index (χ4v) is 2.06. The first-order valence-electron chi connectivity index (χ1n) is 6.64. The van der Waals surface area contributed by atoms with Crippen LogP contribution in [0.4, 0.5) is 11.5 Å². The summed E-state index contributed by atoms with van der Waals surface area (Å²) in [6, 6.07) is 3.66. The van der Waals surface area contributed by atoms with Gasteiger partial charge in [0.15, 0.2) is 5.82 Å². The van der Waals surface area contributed by atoms with Gasteiger partial charge in [-0.15, -0.1) is 0 Å². The van der Waals surface area contributed by atoms with Gasteiger partial charge >= 0.3 is 0 Å². The van der Waals surface area contributed by atoms with Crippen LogP contribution in [-0.4, -0.2) is 31.5 Å². The Balaban J connectivity index is 2.99. The topological polar surface area (TPSA) is 71.2 Å². The Labute approximate surface area is 115 Å². The van der Waals surface area contributed by atoms with Gasteiger partial charge in [-0.1, -0.05) is 13.8 Å². The van der Waals surface area contributed by atoms with Gasteiger partial charge < -0.3 is 16.0 Å². The molecule has 3 N–H and O–H groups in total. The van der Waals surface area contributed by atoms with Crippen molar-refractivity contribution in [3.63, 3.8) is 0 Å². The highest BCUT2D eigenvalue weighted by Crippen LogP contribution is 2.29. The molecule has 1 heterocycles. The number of nitrogens with one attached hydrogen (secondary N) is 1. The maximum absolute atomic E-state index is 12.5. The lowest BCUT2D eigenvalue weighted by Crippen LogP contribution is -2.41. The number of hydrogen-bond donors (Lipinski definition) is 2. The Morgan fingerprint density at radius 3 is 2.53 bits per heavy atom. The number of carbonyl (C=O) groups is 1. The highest BCUT2D eigenvalue weighted by Gasteiger charge is 2.33. The standard InChI is InChI=1S/C14H24N4O/c1-5-14(6-2,10-15)13(19)17-11-8-7-9-16-12(11)18(3)4/h7-9H,5-6,10,15H2,1-4H3,(H,17,19). The van der Waals surface area contributed by atoms with Crippen LogP contribution in [0.15, 0.2) is 18.3 Å². The number of rotatable bonds is 6. The molecular formula is C14H24N4O. The van der Waals surface area contributed by atoms with Gasteiger partial charge in [-0.05, 0) is 25.0 Å². The molecule has 0 aliphatic carbocycles. The zero-order chi connectivity index (χ0) is 14.5. The average Bonchev–Trinajstić information content (AvgIpc) is 2.41. The number of amides is 1. The number of carbonyl (C=O) groups excluding carboxylic acids is 1. The third-order valence-corrected chi connectivity index (χ3v) is 3.68. The number of aromatic nitrogens is 1. The first kappa shape index (κ1) is 15.4. The summed E-state index contributed by atoms with van der Waals surface area (Å²) in [5.41, 5.74) is 6.01. The third-order valence-electron chi connectivity index (χ3n) is 3.68.